The lowest BCUT2D eigenvalue weighted by molar-refractivity contribution is -0.418. The highest BCUT2D eigenvalue weighted by Gasteiger charge is 1.97. The first-order valence-electron chi connectivity index (χ1n) is 1.82. The fraction of sp³-hybridized carbons (Fsp3) is 0. The predicted octanol–water partition coefficient (Wildman–Crippen LogP) is 0.849. The largest absolute Gasteiger partial charge is 0.515 e. The van der Waals surface area contributed by atoms with E-state index in [1.54, 1.807) is 0 Å². The molecule has 0 aromatic carbocycles. The van der Waals surface area contributed by atoms with Crippen LogP contribution in [-0.2, 0) is 0 Å². The molecule has 8 heavy (non-hydrogen) atoms. The van der Waals surface area contributed by atoms with Gasteiger partial charge in [-0.25, -0.2) is 0 Å². The van der Waals surface area contributed by atoms with Crippen LogP contribution < -0.4 is 0 Å². The minimum absolute atomic E-state index is 0.326. The number of hydrogen-bond acceptors (Lipinski definition) is 3. The first kappa shape index (κ1) is 6.68. The Hall–Kier alpha value is -1.32. The van der Waals surface area contributed by atoms with Gasteiger partial charge >= 0.3 is 0 Å². The highest BCUT2D eigenvalue weighted by atomic mass is 16.6. The van der Waals surface area contributed by atoms with Gasteiger partial charge in [-0.05, 0) is 6.58 Å². The van der Waals surface area contributed by atoms with Gasteiger partial charge in [0.2, 0.25) is 0 Å². The highest BCUT2D eigenvalue weighted by molar-refractivity contribution is 5.02. The number of rotatable bonds is 2. The van der Waals surface area contributed by atoms with E-state index in [4.69, 9.17) is 5.11 Å². The van der Waals surface area contributed by atoms with Crippen LogP contribution in [-0.4, -0.2) is 10.0 Å². The third-order valence-corrected chi connectivity index (χ3v) is 0.501. The molecule has 4 heteroatoms. The third kappa shape index (κ3) is 1.96. The summed E-state index contributed by atoms with van der Waals surface area (Å²) in [5.41, 5.74) is -0.326. The maximum atomic E-state index is 9.63. The Morgan fingerprint density at radius 2 is 2.38 bits per heavy atom. The van der Waals surface area contributed by atoms with Gasteiger partial charge in [0.25, 0.3) is 5.70 Å². The van der Waals surface area contributed by atoms with E-state index in [-0.39, 0.29) is 5.70 Å². The van der Waals surface area contributed by atoms with E-state index in [9.17, 15) is 10.1 Å². The Kier molecular flexibility index (Phi) is 2.33. The Labute approximate surface area is 45.9 Å². The second-order valence-electron chi connectivity index (χ2n) is 1.06. The normalized spacial score (nSPS) is 9.50. The number of allylic oxidation sites excluding steroid dienone is 1. The summed E-state index contributed by atoms with van der Waals surface area (Å²) in [7, 11) is 0. The zero-order valence-corrected chi connectivity index (χ0v) is 4.07. The number of nitro groups is 1. The van der Waals surface area contributed by atoms with Gasteiger partial charge < -0.3 is 5.11 Å². The number of aliphatic hydroxyl groups is 1. The van der Waals surface area contributed by atoms with Crippen molar-refractivity contribution in [3.8, 4) is 0 Å². The van der Waals surface area contributed by atoms with Crippen molar-refractivity contribution in [2.45, 2.75) is 0 Å². The van der Waals surface area contributed by atoms with Gasteiger partial charge in [-0.1, -0.05) is 0 Å². The van der Waals surface area contributed by atoms with Gasteiger partial charge in [0, 0.05) is 6.08 Å². The van der Waals surface area contributed by atoms with Crippen LogP contribution >= 0.6 is 0 Å². The zero-order chi connectivity index (χ0) is 6.57. The number of nitrogens with zero attached hydrogens (tertiary/aromatic N) is 1. The van der Waals surface area contributed by atoms with Crippen molar-refractivity contribution in [3.63, 3.8) is 0 Å². The van der Waals surface area contributed by atoms with Gasteiger partial charge in [0.1, 0.15) is 0 Å². The molecule has 0 radical (unpaired) electrons. The molecule has 0 heterocycles. The van der Waals surface area contributed by atoms with Gasteiger partial charge in [-0.15, -0.1) is 0 Å². The second-order valence-corrected chi connectivity index (χ2v) is 1.06. The van der Waals surface area contributed by atoms with E-state index in [0.717, 1.165) is 6.08 Å². The maximum Gasteiger partial charge on any atom is 0.265 e. The molecule has 0 amide bonds. The molecule has 0 rings (SSSR count). The van der Waals surface area contributed by atoms with Gasteiger partial charge in [-0.2, -0.15) is 0 Å². The molecule has 0 bridgehead atoms. The van der Waals surface area contributed by atoms with Crippen LogP contribution in [0, 0.1) is 10.1 Å². The maximum absolute atomic E-state index is 9.63. The summed E-state index contributed by atoms with van der Waals surface area (Å²) >= 11 is 0. The molecule has 44 valence electrons. The molecule has 0 unspecified atom stereocenters. The number of hydrogen-bond donors (Lipinski definition) is 1. The molecule has 0 aliphatic heterocycles. The number of aliphatic hydroxyl groups excluding tert-OH is 1. The van der Waals surface area contributed by atoms with Crippen LogP contribution in [0.3, 0.4) is 0 Å². The van der Waals surface area contributed by atoms with Crippen molar-refractivity contribution >= 4 is 0 Å². The summed E-state index contributed by atoms with van der Waals surface area (Å²) in [4.78, 5) is 8.95. The van der Waals surface area contributed by atoms with Crippen molar-refractivity contribution in [1.82, 2.24) is 0 Å². The van der Waals surface area contributed by atoms with Crippen molar-refractivity contribution in [2.75, 3.05) is 0 Å². The lowest BCUT2D eigenvalue weighted by atomic mass is 10.5. The predicted molar refractivity (Wildman–Crippen MR) is 27.9 cm³/mol. The quantitative estimate of drug-likeness (QED) is 0.251. The van der Waals surface area contributed by atoms with E-state index in [1.165, 1.54) is 0 Å². The van der Waals surface area contributed by atoms with Crippen LogP contribution in [0.15, 0.2) is 24.6 Å². The zero-order valence-electron chi connectivity index (χ0n) is 4.07. The summed E-state index contributed by atoms with van der Waals surface area (Å²) < 4.78 is 0. The van der Waals surface area contributed by atoms with E-state index < -0.39 is 4.92 Å². The Balaban J connectivity index is 3.85. The highest BCUT2D eigenvalue weighted by Crippen LogP contribution is 1.89. The van der Waals surface area contributed by atoms with E-state index in [1.807, 2.05) is 0 Å². The third-order valence-electron chi connectivity index (χ3n) is 0.501. The Morgan fingerprint density at radius 3 is 2.50 bits per heavy atom. The first-order valence-corrected chi connectivity index (χ1v) is 1.82. The molecule has 0 spiro atoms. The van der Waals surface area contributed by atoms with E-state index in [2.05, 4.69) is 6.58 Å². The van der Waals surface area contributed by atoms with Crippen LogP contribution in [0.2, 0.25) is 0 Å². The minimum atomic E-state index is -0.688. The molecule has 0 aliphatic rings. The average molecular weight is 115 g/mol. The summed E-state index contributed by atoms with van der Waals surface area (Å²) in [6, 6.07) is 0. The molecule has 1 N–H and O–H groups in total. The summed E-state index contributed by atoms with van der Waals surface area (Å²) in [5.74, 6) is 0. The SMILES string of the molecule is C=C(/C=C/O)[N+](=O)[O-]. The molecule has 0 saturated heterocycles. The van der Waals surface area contributed by atoms with Crippen molar-refractivity contribution < 1.29 is 10.0 Å². The average Bonchev–Trinajstić information content (AvgIpc) is 1.67. The monoisotopic (exact) mass is 115 g/mol. The van der Waals surface area contributed by atoms with E-state index >= 15 is 0 Å². The molecule has 0 aromatic heterocycles. The van der Waals surface area contributed by atoms with Crippen LogP contribution in [0.25, 0.3) is 0 Å². The van der Waals surface area contributed by atoms with Crippen LogP contribution in [0.5, 0.6) is 0 Å². The van der Waals surface area contributed by atoms with Crippen LogP contribution in [0.4, 0.5) is 0 Å². The van der Waals surface area contributed by atoms with Gasteiger partial charge in [0.15, 0.2) is 0 Å². The van der Waals surface area contributed by atoms with Gasteiger partial charge in [-0.3, -0.25) is 10.1 Å². The molecule has 0 atom stereocenters. The smallest absolute Gasteiger partial charge is 0.265 e. The lowest BCUT2D eigenvalue weighted by Crippen LogP contribution is -1.91. The Morgan fingerprint density at radius 1 is 1.88 bits per heavy atom. The molecule has 0 aromatic rings. The Bertz CT molecular complexity index is 138. The van der Waals surface area contributed by atoms with Crippen molar-refractivity contribution in [3.05, 3.63) is 34.7 Å². The molecular weight excluding hydrogens is 110 g/mol. The fourth-order valence-corrected chi connectivity index (χ4v) is 0.147. The fourth-order valence-electron chi connectivity index (χ4n) is 0.147. The summed E-state index contributed by atoms with van der Waals surface area (Å²) in [6.45, 7) is 3.00. The minimum Gasteiger partial charge on any atom is -0.515 e. The van der Waals surface area contributed by atoms with Gasteiger partial charge in [0.05, 0.1) is 11.2 Å². The molecule has 0 saturated carbocycles. The van der Waals surface area contributed by atoms with E-state index in [0.29, 0.717) is 6.26 Å². The standard InChI is InChI=1S/C4H5NO3/c1-4(2-3-6)5(7)8/h2-3,6H,1H2/b3-2+. The topological polar surface area (TPSA) is 63.4 Å². The molecule has 0 aliphatic carbocycles. The van der Waals surface area contributed by atoms with Crippen molar-refractivity contribution in [1.29, 1.82) is 0 Å². The summed E-state index contributed by atoms with van der Waals surface area (Å²) in [6.07, 6.45) is 1.48. The second kappa shape index (κ2) is 2.79. The molecule has 0 fully saturated rings. The lowest BCUT2D eigenvalue weighted by Gasteiger charge is -1.81. The van der Waals surface area contributed by atoms with Crippen molar-refractivity contribution in [2.24, 2.45) is 0 Å². The molecular formula is C4H5NO3. The first-order chi connectivity index (χ1) is 3.68. The van der Waals surface area contributed by atoms with Crippen LogP contribution in [0.1, 0.15) is 0 Å². The molecule has 4 nitrogen and oxygen atoms in total. The summed E-state index contributed by atoms with van der Waals surface area (Å²) in [5, 5.41) is 17.6.